The number of carbonyl (C=O) groups is 2. The highest BCUT2D eigenvalue weighted by Crippen LogP contribution is 2.64. The molecule has 46 heavy (non-hydrogen) atoms. The van der Waals surface area contributed by atoms with Crippen molar-refractivity contribution in [3.05, 3.63) is 122 Å². The fourth-order valence-corrected chi connectivity index (χ4v) is 7.61. The molecule has 0 bridgehead atoms. The lowest BCUT2D eigenvalue weighted by Crippen LogP contribution is -2.59. The Morgan fingerprint density at radius 2 is 1.35 bits per heavy atom. The van der Waals surface area contributed by atoms with Gasteiger partial charge in [0.2, 0.25) is 5.82 Å². The average Bonchev–Trinajstić information content (AvgIpc) is 3.38. The van der Waals surface area contributed by atoms with E-state index in [1.54, 1.807) is 18.2 Å². The van der Waals surface area contributed by atoms with Gasteiger partial charge in [0.25, 0.3) is 11.8 Å². The van der Waals surface area contributed by atoms with Gasteiger partial charge >= 0.3 is 11.4 Å². The molecule has 3 aliphatic rings. The van der Waals surface area contributed by atoms with Gasteiger partial charge in [-0.2, -0.15) is 0 Å². The standard InChI is InChI=1S/C30H17Cl2F5N4O5/c31-29-12-16-14(10-11-38-27(45)39(28(46)41(16)38)13-6-2-1-3-7-13)18(15-8-4-5-9-17(15)42)30(29,32)26(44)40(25(29)43)24-22(36)20(34)19(33)21(35)23(24)37/h1-10,16,18,42H,11-12H2. The van der Waals surface area contributed by atoms with E-state index in [0.717, 1.165) is 13.9 Å². The van der Waals surface area contributed by atoms with E-state index in [1.807, 2.05) is 0 Å². The molecule has 2 fully saturated rings. The van der Waals surface area contributed by atoms with Crippen LogP contribution in [0.4, 0.5) is 27.6 Å². The van der Waals surface area contributed by atoms with Crippen LogP contribution >= 0.6 is 23.2 Å². The molecule has 4 unspecified atom stereocenters. The fraction of sp³-hybridized carbons (Fsp3) is 0.200. The molecule has 3 heterocycles. The van der Waals surface area contributed by atoms with Crippen molar-refractivity contribution >= 4 is 40.7 Å². The Kier molecular flexibility index (Phi) is 6.46. The number of phenols is 1. The topological polar surface area (TPSA) is 107 Å². The number of amides is 2. The van der Waals surface area contributed by atoms with Crippen LogP contribution in [0.5, 0.6) is 5.75 Å². The van der Waals surface area contributed by atoms with Crippen LogP contribution in [0, 0.1) is 29.1 Å². The van der Waals surface area contributed by atoms with Crippen LogP contribution in [-0.4, -0.2) is 40.6 Å². The number of fused-ring (bicyclic) bond motifs is 4. The SMILES string of the molecule is O=C1N(c2c(F)c(F)c(F)c(F)c2F)C(=O)C2(Cl)C(c3ccccc3O)C3=CCn4c(=O)n(-c5ccccc5)c(=O)n4C3CC12Cl. The first-order chi connectivity index (χ1) is 21.8. The molecule has 16 heteroatoms. The summed E-state index contributed by atoms with van der Waals surface area (Å²) in [5.74, 6) is -17.7. The van der Waals surface area contributed by atoms with Gasteiger partial charge in [-0.3, -0.25) is 9.59 Å². The lowest BCUT2D eigenvalue weighted by molar-refractivity contribution is -0.122. The van der Waals surface area contributed by atoms with Crippen LogP contribution in [0.2, 0.25) is 0 Å². The van der Waals surface area contributed by atoms with E-state index >= 15 is 8.78 Å². The van der Waals surface area contributed by atoms with Gasteiger partial charge < -0.3 is 5.11 Å². The summed E-state index contributed by atoms with van der Waals surface area (Å²) in [5, 5.41) is 10.9. The van der Waals surface area contributed by atoms with Crippen molar-refractivity contribution in [1.82, 2.24) is 13.9 Å². The van der Waals surface area contributed by atoms with E-state index in [1.165, 1.54) is 42.5 Å². The summed E-state index contributed by atoms with van der Waals surface area (Å²) in [6.45, 7) is -0.254. The second-order valence-corrected chi connectivity index (χ2v) is 12.2. The van der Waals surface area contributed by atoms with Crippen molar-refractivity contribution in [2.75, 3.05) is 4.90 Å². The number of phenolic OH excluding ortho intramolecular Hbond substituents is 1. The molecule has 2 amide bonds. The molecule has 9 nitrogen and oxygen atoms in total. The molecule has 2 aliphatic heterocycles. The number of para-hydroxylation sites is 2. The minimum Gasteiger partial charge on any atom is -0.508 e. The van der Waals surface area contributed by atoms with Crippen LogP contribution in [0.25, 0.3) is 5.69 Å². The first kappa shape index (κ1) is 30.0. The number of anilines is 1. The van der Waals surface area contributed by atoms with Gasteiger partial charge in [-0.15, -0.1) is 23.2 Å². The predicted octanol–water partition coefficient (Wildman–Crippen LogP) is 4.40. The van der Waals surface area contributed by atoms with E-state index in [2.05, 4.69) is 0 Å². The number of rotatable bonds is 3. The van der Waals surface area contributed by atoms with E-state index in [9.17, 15) is 37.5 Å². The molecule has 3 aromatic carbocycles. The highest BCUT2D eigenvalue weighted by Gasteiger charge is 2.76. The van der Waals surface area contributed by atoms with Gasteiger partial charge in [-0.05, 0) is 23.8 Å². The lowest BCUT2D eigenvalue weighted by atomic mass is 9.64. The van der Waals surface area contributed by atoms with Crippen LogP contribution in [0.15, 0.2) is 75.8 Å². The highest BCUT2D eigenvalue weighted by molar-refractivity contribution is 6.58. The maximum atomic E-state index is 15.1. The van der Waals surface area contributed by atoms with Crippen molar-refractivity contribution < 1.29 is 36.6 Å². The minimum absolute atomic E-state index is 0.106. The molecular formula is C30H17Cl2F5N4O5. The lowest BCUT2D eigenvalue weighted by Gasteiger charge is -2.49. The summed E-state index contributed by atoms with van der Waals surface area (Å²) in [7, 11) is 0. The first-order valence-electron chi connectivity index (χ1n) is 13.5. The van der Waals surface area contributed by atoms with Crippen LogP contribution in [0.1, 0.15) is 23.9 Å². The zero-order valence-electron chi connectivity index (χ0n) is 22.9. The first-order valence-corrected chi connectivity index (χ1v) is 14.3. The Morgan fingerprint density at radius 3 is 1.98 bits per heavy atom. The smallest absolute Gasteiger partial charge is 0.352 e. The van der Waals surface area contributed by atoms with Gasteiger partial charge in [0.1, 0.15) is 11.4 Å². The van der Waals surface area contributed by atoms with E-state index in [-0.39, 0.29) is 28.3 Å². The number of imide groups is 1. The number of carbonyl (C=O) groups excluding carboxylic acids is 2. The van der Waals surface area contributed by atoms with E-state index in [0.29, 0.717) is 0 Å². The monoisotopic (exact) mass is 678 g/mol. The summed E-state index contributed by atoms with van der Waals surface area (Å²) in [6, 6.07) is 11.9. The molecule has 236 valence electrons. The number of nitrogens with zero attached hydrogens (tertiary/aromatic N) is 4. The van der Waals surface area contributed by atoms with Gasteiger partial charge in [-0.1, -0.05) is 42.5 Å². The quantitative estimate of drug-likeness (QED) is 0.0864. The van der Waals surface area contributed by atoms with Gasteiger partial charge in [0.05, 0.1) is 18.3 Å². The van der Waals surface area contributed by atoms with Crippen LogP contribution < -0.4 is 16.3 Å². The molecule has 1 aromatic heterocycles. The summed E-state index contributed by atoms with van der Waals surface area (Å²) in [5.41, 5.74) is -3.31. The number of hydrogen-bond donors (Lipinski definition) is 1. The number of alkyl halides is 2. The average molecular weight is 679 g/mol. The highest BCUT2D eigenvalue weighted by atomic mass is 35.5. The Morgan fingerprint density at radius 1 is 0.761 bits per heavy atom. The van der Waals surface area contributed by atoms with Crippen molar-refractivity contribution in [2.24, 2.45) is 0 Å². The van der Waals surface area contributed by atoms with Gasteiger partial charge in [0, 0.05) is 17.9 Å². The summed E-state index contributed by atoms with van der Waals surface area (Å²) in [4.78, 5) is 49.9. The second-order valence-electron chi connectivity index (χ2n) is 11.0. The Balaban J connectivity index is 1.50. The van der Waals surface area contributed by atoms with Gasteiger partial charge in [-0.25, -0.2) is 50.4 Å². The molecule has 0 spiro atoms. The third-order valence-electron chi connectivity index (χ3n) is 8.75. The van der Waals surface area contributed by atoms with Crippen LogP contribution in [0.3, 0.4) is 0 Å². The third kappa shape index (κ3) is 3.56. The minimum atomic E-state index is -2.75. The molecule has 1 aliphatic carbocycles. The molecule has 1 N–H and O–H groups in total. The largest absolute Gasteiger partial charge is 0.508 e. The fourth-order valence-electron chi connectivity index (χ4n) is 6.70. The van der Waals surface area contributed by atoms with Gasteiger partial charge in [0.15, 0.2) is 33.0 Å². The van der Waals surface area contributed by atoms with E-state index < -0.39 is 91.8 Å². The number of allylic oxidation sites excluding steroid dienone is 2. The summed E-state index contributed by atoms with van der Waals surface area (Å²) >= 11 is 14.0. The number of aromatic nitrogens is 3. The van der Waals surface area contributed by atoms with Crippen molar-refractivity contribution in [3.63, 3.8) is 0 Å². The van der Waals surface area contributed by atoms with E-state index in [4.69, 9.17) is 23.2 Å². The van der Waals surface area contributed by atoms with Crippen LogP contribution in [-0.2, 0) is 16.1 Å². The molecule has 4 aromatic rings. The second kappa shape index (κ2) is 9.90. The number of aromatic hydroxyl groups is 1. The number of halogens is 7. The molecule has 7 rings (SSSR count). The normalized spacial score (nSPS) is 25.3. The molecule has 0 radical (unpaired) electrons. The number of benzene rings is 3. The van der Waals surface area contributed by atoms with Crippen molar-refractivity contribution in [1.29, 1.82) is 0 Å². The van der Waals surface area contributed by atoms with Crippen molar-refractivity contribution in [3.8, 4) is 11.4 Å². The maximum absolute atomic E-state index is 15.1. The maximum Gasteiger partial charge on any atom is 0.352 e. The Labute approximate surface area is 263 Å². The third-order valence-corrected chi connectivity index (χ3v) is 10.2. The predicted molar refractivity (Wildman–Crippen MR) is 153 cm³/mol. The Bertz CT molecular complexity index is 2160. The zero-order valence-corrected chi connectivity index (χ0v) is 24.4. The zero-order chi connectivity index (χ0) is 33.0. The molecule has 1 saturated carbocycles. The summed E-state index contributed by atoms with van der Waals surface area (Å²) < 4.78 is 75.6. The molecule has 1 saturated heterocycles. The number of hydrogen-bond acceptors (Lipinski definition) is 5. The molecular weight excluding hydrogens is 662 g/mol. The molecule has 4 atom stereocenters. The Hall–Kier alpha value is -4.69. The van der Waals surface area contributed by atoms with Crippen molar-refractivity contribution in [2.45, 2.75) is 34.7 Å². The summed E-state index contributed by atoms with van der Waals surface area (Å²) in [6.07, 6.45) is 0.694.